The first kappa shape index (κ1) is 11.8. The van der Waals surface area contributed by atoms with E-state index in [1.165, 1.54) is 11.3 Å². The van der Waals surface area contributed by atoms with E-state index in [4.69, 9.17) is 0 Å². The summed E-state index contributed by atoms with van der Waals surface area (Å²) in [4.78, 5) is 4.44. The fourth-order valence-electron chi connectivity index (χ4n) is 1.85. The summed E-state index contributed by atoms with van der Waals surface area (Å²) in [5, 5.41) is 7.54. The highest BCUT2D eigenvalue weighted by Gasteiger charge is 2.02. The summed E-state index contributed by atoms with van der Waals surface area (Å²) in [5.74, 6) is 0. The van der Waals surface area contributed by atoms with Crippen molar-refractivity contribution < 1.29 is 0 Å². The van der Waals surface area contributed by atoms with Crippen LogP contribution in [0.5, 0.6) is 0 Å². The molecule has 4 nitrogen and oxygen atoms in total. The first-order chi connectivity index (χ1) is 8.19. The first-order valence-corrected chi connectivity index (χ1v) is 5.78. The Morgan fingerprint density at radius 2 is 2.12 bits per heavy atom. The number of pyridine rings is 1. The predicted molar refractivity (Wildman–Crippen MR) is 67.8 cm³/mol. The zero-order valence-electron chi connectivity index (χ0n) is 10.6. The standard InChI is InChI=1S/C13H18N4/c1-10-6-11(2)17(16-10)9-13-5-4-12(7-14-3)8-15-13/h4-6,8,14H,7,9H2,1-3H3. The quantitative estimate of drug-likeness (QED) is 0.868. The van der Waals surface area contributed by atoms with Crippen LogP contribution in [0, 0.1) is 13.8 Å². The van der Waals surface area contributed by atoms with E-state index in [0.717, 1.165) is 24.5 Å². The van der Waals surface area contributed by atoms with Crippen molar-refractivity contribution in [3.05, 3.63) is 47.0 Å². The molecule has 1 N–H and O–H groups in total. The zero-order chi connectivity index (χ0) is 12.3. The third-order valence-corrected chi connectivity index (χ3v) is 2.68. The van der Waals surface area contributed by atoms with Gasteiger partial charge in [0.25, 0.3) is 0 Å². The Bertz CT molecular complexity index is 485. The van der Waals surface area contributed by atoms with Crippen molar-refractivity contribution in [1.82, 2.24) is 20.1 Å². The fraction of sp³-hybridized carbons (Fsp3) is 0.385. The highest BCUT2D eigenvalue weighted by Crippen LogP contribution is 2.06. The van der Waals surface area contributed by atoms with Crippen molar-refractivity contribution in [3.8, 4) is 0 Å². The second kappa shape index (κ2) is 5.10. The molecule has 2 heterocycles. The number of hydrogen-bond acceptors (Lipinski definition) is 3. The summed E-state index contributed by atoms with van der Waals surface area (Å²) >= 11 is 0. The average Bonchev–Trinajstić information content (AvgIpc) is 2.61. The van der Waals surface area contributed by atoms with Crippen LogP contribution in [-0.4, -0.2) is 21.8 Å². The van der Waals surface area contributed by atoms with Gasteiger partial charge < -0.3 is 5.32 Å². The predicted octanol–water partition coefficient (Wildman–Crippen LogP) is 1.66. The second-order valence-corrected chi connectivity index (χ2v) is 4.27. The molecule has 0 aliphatic heterocycles. The van der Waals surface area contributed by atoms with Gasteiger partial charge in [0.15, 0.2) is 0 Å². The van der Waals surface area contributed by atoms with Gasteiger partial charge in [0, 0.05) is 18.4 Å². The third kappa shape index (κ3) is 2.91. The molecular formula is C13H18N4. The Balaban J connectivity index is 2.11. The molecule has 0 bridgehead atoms. The van der Waals surface area contributed by atoms with Crippen molar-refractivity contribution >= 4 is 0 Å². The van der Waals surface area contributed by atoms with E-state index in [-0.39, 0.29) is 0 Å². The van der Waals surface area contributed by atoms with Crippen molar-refractivity contribution in [2.75, 3.05) is 7.05 Å². The lowest BCUT2D eigenvalue weighted by Gasteiger charge is -2.05. The largest absolute Gasteiger partial charge is 0.316 e. The van der Waals surface area contributed by atoms with E-state index in [0.29, 0.717) is 0 Å². The van der Waals surface area contributed by atoms with E-state index < -0.39 is 0 Å². The summed E-state index contributed by atoms with van der Waals surface area (Å²) in [7, 11) is 1.93. The average molecular weight is 230 g/mol. The van der Waals surface area contributed by atoms with Crippen LogP contribution in [0.2, 0.25) is 0 Å². The zero-order valence-corrected chi connectivity index (χ0v) is 10.6. The maximum atomic E-state index is 4.44. The molecule has 2 rings (SSSR count). The number of nitrogens with one attached hydrogen (secondary N) is 1. The van der Waals surface area contributed by atoms with E-state index in [9.17, 15) is 0 Å². The van der Waals surface area contributed by atoms with Gasteiger partial charge in [0.2, 0.25) is 0 Å². The van der Waals surface area contributed by atoms with Crippen LogP contribution in [0.1, 0.15) is 22.6 Å². The highest BCUT2D eigenvalue weighted by molar-refractivity contribution is 5.15. The second-order valence-electron chi connectivity index (χ2n) is 4.27. The van der Waals surface area contributed by atoms with Crippen molar-refractivity contribution in [3.63, 3.8) is 0 Å². The maximum Gasteiger partial charge on any atom is 0.0834 e. The molecule has 0 unspecified atom stereocenters. The topological polar surface area (TPSA) is 42.7 Å². The van der Waals surface area contributed by atoms with Gasteiger partial charge in [-0.1, -0.05) is 6.07 Å². The lowest BCUT2D eigenvalue weighted by atomic mass is 10.2. The summed E-state index contributed by atoms with van der Waals surface area (Å²) < 4.78 is 1.98. The molecule has 0 aliphatic rings. The van der Waals surface area contributed by atoms with Crippen LogP contribution in [0.4, 0.5) is 0 Å². The molecule has 2 aromatic rings. The first-order valence-electron chi connectivity index (χ1n) is 5.78. The van der Waals surface area contributed by atoms with E-state index in [1.807, 2.05) is 24.9 Å². The molecule has 0 saturated carbocycles. The van der Waals surface area contributed by atoms with E-state index in [1.54, 1.807) is 0 Å². The molecule has 0 amide bonds. The highest BCUT2D eigenvalue weighted by atomic mass is 15.3. The van der Waals surface area contributed by atoms with Gasteiger partial charge in [-0.2, -0.15) is 5.10 Å². The molecule has 17 heavy (non-hydrogen) atoms. The van der Waals surface area contributed by atoms with Crippen LogP contribution in [-0.2, 0) is 13.1 Å². The molecule has 0 fully saturated rings. The number of aromatic nitrogens is 3. The molecule has 0 radical (unpaired) electrons. The molecular weight excluding hydrogens is 212 g/mol. The molecule has 90 valence electrons. The van der Waals surface area contributed by atoms with Gasteiger partial charge in [-0.3, -0.25) is 9.67 Å². The molecule has 0 saturated heterocycles. The van der Waals surface area contributed by atoms with Crippen molar-refractivity contribution in [1.29, 1.82) is 0 Å². The van der Waals surface area contributed by atoms with Crippen LogP contribution in [0.25, 0.3) is 0 Å². The van der Waals surface area contributed by atoms with Crippen LogP contribution >= 0.6 is 0 Å². The lowest BCUT2D eigenvalue weighted by Crippen LogP contribution is -2.08. The van der Waals surface area contributed by atoms with Crippen molar-refractivity contribution in [2.24, 2.45) is 0 Å². The molecule has 2 aromatic heterocycles. The molecule has 4 heteroatoms. The number of rotatable bonds is 4. The third-order valence-electron chi connectivity index (χ3n) is 2.68. The van der Waals surface area contributed by atoms with Crippen LogP contribution in [0.3, 0.4) is 0 Å². The fourth-order valence-corrected chi connectivity index (χ4v) is 1.85. The summed E-state index contributed by atoms with van der Waals surface area (Å²) in [6.45, 7) is 5.66. The van der Waals surface area contributed by atoms with Crippen LogP contribution < -0.4 is 5.32 Å². The molecule has 0 aromatic carbocycles. The minimum Gasteiger partial charge on any atom is -0.316 e. The van der Waals surface area contributed by atoms with E-state index >= 15 is 0 Å². The van der Waals surface area contributed by atoms with E-state index in [2.05, 4.69) is 40.5 Å². The van der Waals surface area contributed by atoms with Gasteiger partial charge in [0.1, 0.15) is 0 Å². The minimum atomic E-state index is 0.736. The molecule has 0 atom stereocenters. The van der Waals surface area contributed by atoms with Crippen molar-refractivity contribution in [2.45, 2.75) is 26.9 Å². The molecule has 0 spiro atoms. The normalized spacial score (nSPS) is 10.8. The SMILES string of the molecule is CNCc1ccc(Cn2nc(C)cc2C)nc1. The van der Waals surface area contributed by atoms with Gasteiger partial charge in [-0.15, -0.1) is 0 Å². The summed E-state index contributed by atoms with van der Waals surface area (Å²) in [5.41, 5.74) is 4.46. The monoisotopic (exact) mass is 230 g/mol. The lowest BCUT2D eigenvalue weighted by molar-refractivity contribution is 0.646. The number of aryl methyl sites for hydroxylation is 2. The molecule has 0 aliphatic carbocycles. The summed E-state index contributed by atoms with van der Waals surface area (Å²) in [6, 6.07) is 6.24. The Hall–Kier alpha value is -1.68. The summed E-state index contributed by atoms with van der Waals surface area (Å²) in [6.07, 6.45) is 1.91. The minimum absolute atomic E-state index is 0.736. The van der Waals surface area contributed by atoms with Crippen LogP contribution in [0.15, 0.2) is 24.4 Å². The number of nitrogens with zero attached hydrogens (tertiary/aromatic N) is 3. The van der Waals surface area contributed by atoms with Gasteiger partial charge in [-0.25, -0.2) is 0 Å². The Kier molecular flexibility index (Phi) is 3.54. The Morgan fingerprint density at radius 1 is 1.29 bits per heavy atom. The smallest absolute Gasteiger partial charge is 0.0834 e. The number of hydrogen-bond donors (Lipinski definition) is 1. The van der Waals surface area contributed by atoms with Gasteiger partial charge in [0.05, 0.1) is 17.9 Å². The van der Waals surface area contributed by atoms with Gasteiger partial charge >= 0.3 is 0 Å². The van der Waals surface area contributed by atoms with Gasteiger partial charge in [-0.05, 0) is 38.6 Å². The Morgan fingerprint density at radius 3 is 2.65 bits per heavy atom. The Labute approximate surface area is 102 Å². The maximum absolute atomic E-state index is 4.44.